The number of rotatable bonds is 8. The van der Waals surface area contributed by atoms with E-state index in [1.165, 1.54) is 16.2 Å². The average Bonchev–Trinajstić information content (AvgIpc) is 3.48. The molecule has 1 saturated heterocycles. The van der Waals surface area contributed by atoms with Gasteiger partial charge in [-0.05, 0) is 43.7 Å². The lowest BCUT2D eigenvalue weighted by molar-refractivity contribution is -0.0893. The van der Waals surface area contributed by atoms with Gasteiger partial charge in [-0.25, -0.2) is 9.78 Å². The van der Waals surface area contributed by atoms with E-state index in [2.05, 4.69) is 29.2 Å². The first-order chi connectivity index (χ1) is 21.4. The Morgan fingerprint density at radius 3 is 2.61 bits per heavy atom. The number of anilines is 1. The second-order valence-electron chi connectivity index (χ2n) is 12.4. The maximum absolute atomic E-state index is 14.5. The molecule has 3 atom stereocenters. The van der Waals surface area contributed by atoms with E-state index in [0.717, 1.165) is 50.8 Å². The van der Waals surface area contributed by atoms with Gasteiger partial charge >= 0.3 is 6.09 Å². The number of benzene rings is 2. The predicted molar refractivity (Wildman–Crippen MR) is 168 cm³/mol. The Morgan fingerprint density at radius 1 is 1.02 bits per heavy atom. The average molecular weight is 602 g/mol. The number of methoxy groups -OCH3 is 1. The quantitative estimate of drug-likeness (QED) is 0.385. The second-order valence-corrected chi connectivity index (χ2v) is 12.4. The Balaban J connectivity index is 1.32. The van der Waals surface area contributed by atoms with Crippen LogP contribution < -0.4 is 4.90 Å². The molecule has 6 rings (SSSR count). The highest BCUT2D eigenvalue weighted by molar-refractivity contribution is 5.98. The van der Waals surface area contributed by atoms with Gasteiger partial charge in [0, 0.05) is 51.1 Å². The van der Waals surface area contributed by atoms with Crippen LogP contribution in [0.5, 0.6) is 0 Å². The van der Waals surface area contributed by atoms with Crippen LogP contribution in [0.15, 0.2) is 60.9 Å². The minimum absolute atomic E-state index is 0.201. The molecule has 2 fully saturated rings. The number of carbonyl (C=O) groups excluding carboxylic acids is 1. The Kier molecular flexibility index (Phi) is 8.91. The number of aliphatic hydroxyl groups is 1. The number of fused-ring (bicyclic) bond motifs is 1. The summed E-state index contributed by atoms with van der Waals surface area (Å²) in [6.45, 7) is 2.67. The monoisotopic (exact) mass is 601 g/mol. The van der Waals surface area contributed by atoms with Gasteiger partial charge in [0.15, 0.2) is 5.69 Å². The molecule has 3 aliphatic rings. The summed E-state index contributed by atoms with van der Waals surface area (Å²) in [4.78, 5) is 36.8. The molecule has 10 nitrogen and oxygen atoms in total. The summed E-state index contributed by atoms with van der Waals surface area (Å²) in [6.07, 6.45) is 6.73. The molecule has 1 aliphatic carbocycles. The van der Waals surface area contributed by atoms with E-state index in [1.54, 1.807) is 13.4 Å². The summed E-state index contributed by atoms with van der Waals surface area (Å²) in [7, 11) is 1.60. The number of piperazine rings is 1. The van der Waals surface area contributed by atoms with E-state index in [0.29, 0.717) is 30.8 Å². The standard InChI is InChI=1S/C34H43N5O5/c1-44-23-34(43)17-8-7-15-29(34)39-24-35-30(31(39)26-11-3-2-4-12-26)32(40)38-21-20-37(33(41)42)22-27(38)16-19-36-18-9-13-25-10-5-6-14-28(25)36/h2-6,10-12,14,24,27,29,43H,7-9,13,15-23H2,1H3,(H,41,42)/t27-,29-,34-/m1/s1. The van der Waals surface area contributed by atoms with Gasteiger partial charge in [0.05, 0.1) is 30.7 Å². The van der Waals surface area contributed by atoms with Crippen molar-refractivity contribution in [3.63, 3.8) is 0 Å². The fourth-order valence-electron chi connectivity index (χ4n) is 7.48. The van der Waals surface area contributed by atoms with E-state index in [1.807, 2.05) is 39.8 Å². The highest BCUT2D eigenvalue weighted by Crippen LogP contribution is 2.41. The third-order valence-corrected chi connectivity index (χ3v) is 9.68. The number of amides is 2. The van der Waals surface area contributed by atoms with Gasteiger partial charge < -0.3 is 34.2 Å². The number of carbonyl (C=O) groups is 2. The van der Waals surface area contributed by atoms with E-state index >= 15 is 0 Å². The van der Waals surface area contributed by atoms with Crippen molar-refractivity contribution in [3.05, 3.63) is 72.2 Å². The van der Waals surface area contributed by atoms with Crippen LogP contribution in [0.2, 0.25) is 0 Å². The van der Waals surface area contributed by atoms with Crippen LogP contribution in [0, 0.1) is 0 Å². The molecule has 234 valence electrons. The lowest BCUT2D eigenvalue weighted by atomic mass is 9.80. The number of imidazole rings is 1. The Bertz CT molecular complexity index is 1460. The first-order valence-corrected chi connectivity index (χ1v) is 15.8. The number of nitrogens with zero attached hydrogens (tertiary/aromatic N) is 5. The molecule has 0 spiro atoms. The lowest BCUT2D eigenvalue weighted by Gasteiger charge is -2.42. The van der Waals surface area contributed by atoms with Crippen molar-refractivity contribution in [1.82, 2.24) is 19.4 Å². The Hall–Kier alpha value is -3.89. The number of aromatic nitrogens is 2. The summed E-state index contributed by atoms with van der Waals surface area (Å²) in [5.41, 5.74) is 3.35. The SMILES string of the molecule is COC[C@]1(O)CCCC[C@H]1n1cnc(C(=O)N2CCN(C(=O)O)C[C@H]2CCN2CCCc3ccccc32)c1-c1ccccc1. The number of ether oxygens (including phenoxy) is 1. The summed E-state index contributed by atoms with van der Waals surface area (Å²) in [5.74, 6) is -0.206. The summed E-state index contributed by atoms with van der Waals surface area (Å²) >= 11 is 0. The molecule has 2 amide bonds. The molecule has 44 heavy (non-hydrogen) atoms. The van der Waals surface area contributed by atoms with Crippen LogP contribution in [-0.2, 0) is 11.2 Å². The first kappa shape index (κ1) is 30.1. The van der Waals surface area contributed by atoms with E-state index in [4.69, 9.17) is 9.72 Å². The second kappa shape index (κ2) is 13.0. The van der Waals surface area contributed by atoms with E-state index < -0.39 is 11.7 Å². The normalized spacial score (nSPS) is 23.8. The van der Waals surface area contributed by atoms with Crippen molar-refractivity contribution in [2.75, 3.05) is 51.3 Å². The number of aryl methyl sites for hydroxylation is 1. The molecule has 0 unspecified atom stereocenters. The molecule has 2 aromatic carbocycles. The zero-order valence-corrected chi connectivity index (χ0v) is 25.5. The van der Waals surface area contributed by atoms with Gasteiger partial charge in [-0.15, -0.1) is 0 Å². The van der Waals surface area contributed by atoms with Crippen LogP contribution in [0.4, 0.5) is 10.5 Å². The number of para-hydroxylation sites is 1. The number of hydrogen-bond acceptors (Lipinski definition) is 6. The molecule has 2 N–H and O–H groups in total. The summed E-state index contributed by atoms with van der Waals surface area (Å²) in [6, 6.07) is 17.6. The first-order valence-electron chi connectivity index (χ1n) is 15.8. The van der Waals surface area contributed by atoms with Gasteiger partial charge in [-0.2, -0.15) is 0 Å². The van der Waals surface area contributed by atoms with Gasteiger partial charge in [0.1, 0.15) is 5.60 Å². The van der Waals surface area contributed by atoms with Crippen LogP contribution in [0.3, 0.4) is 0 Å². The predicted octanol–water partition coefficient (Wildman–Crippen LogP) is 4.69. The molecular weight excluding hydrogens is 558 g/mol. The molecular formula is C34H43N5O5. The largest absolute Gasteiger partial charge is 0.465 e. The van der Waals surface area contributed by atoms with Crippen molar-refractivity contribution in [2.24, 2.45) is 0 Å². The third kappa shape index (κ3) is 5.93. The topological polar surface area (TPSA) is 111 Å². The number of carboxylic acid groups (broad SMARTS) is 1. The molecule has 1 aromatic heterocycles. The fourth-order valence-corrected chi connectivity index (χ4v) is 7.48. The zero-order chi connectivity index (χ0) is 30.7. The molecule has 0 radical (unpaired) electrons. The molecule has 3 aromatic rings. The highest BCUT2D eigenvalue weighted by Gasteiger charge is 2.43. The maximum atomic E-state index is 14.5. The Morgan fingerprint density at radius 2 is 1.82 bits per heavy atom. The van der Waals surface area contributed by atoms with Crippen LogP contribution >= 0.6 is 0 Å². The molecule has 2 aliphatic heterocycles. The summed E-state index contributed by atoms with van der Waals surface area (Å²) in [5, 5.41) is 21.5. The van der Waals surface area contributed by atoms with Crippen molar-refractivity contribution < 1.29 is 24.5 Å². The fraction of sp³-hybridized carbons (Fsp3) is 0.500. The third-order valence-electron chi connectivity index (χ3n) is 9.68. The van der Waals surface area contributed by atoms with Crippen LogP contribution in [-0.4, -0.2) is 99.6 Å². The maximum Gasteiger partial charge on any atom is 0.407 e. The molecule has 10 heteroatoms. The van der Waals surface area contributed by atoms with Gasteiger partial charge in [-0.3, -0.25) is 4.79 Å². The highest BCUT2D eigenvalue weighted by atomic mass is 16.5. The zero-order valence-electron chi connectivity index (χ0n) is 25.5. The van der Waals surface area contributed by atoms with Crippen molar-refractivity contribution >= 4 is 17.7 Å². The lowest BCUT2D eigenvalue weighted by Crippen LogP contribution is -2.57. The van der Waals surface area contributed by atoms with Gasteiger partial charge in [0.2, 0.25) is 0 Å². The van der Waals surface area contributed by atoms with E-state index in [9.17, 15) is 19.8 Å². The molecule has 1 saturated carbocycles. The Labute approximate surface area is 258 Å². The van der Waals surface area contributed by atoms with Crippen molar-refractivity contribution in [3.8, 4) is 11.3 Å². The smallest absolute Gasteiger partial charge is 0.407 e. The number of hydrogen-bond donors (Lipinski definition) is 2. The minimum Gasteiger partial charge on any atom is -0.465 e. The van der Waals surface area contributed by atoms with Crippen molar-refractivity contribution in [1.29, 1.82) is 0 Å². The van der Waals surface area contributed by atoms with Crippen LogP contribution in [0.1, 0.15) is 60.6 Å². The van der Waals surface area contributed by atoms with E-state index in [-0.39, 0.29) is 37.7 Å². The van der Waals surface area contributed by atoms with Gasteiger partial charge in [-0.1, -0.05) is 61.4 Å². The molecule has 0 bridgehead atoms. The van der Waals surface area contributed by atoms with Gasteiger partial charge in [0.25, 0.3) is 5.91 Å². The summed E-state index contributed by atoms with van der Waals surface area (Å²) < 4.78 is 7.44. The van der Waals surface area contributed by atoms with Crippen molar-refractivity contribution in [2.45, 2.75) is 62.6 Å². The molecule has 3 heterocycles. The van der Waals surface area contributed by atoms with Crippen LogP contribution in [0.25, 0.3) is 11.3 Å². The minimum atomic E-state index is -1.07.